The SMILES string of the molecule is CCC(O)C(C)c1nc(CSc2cccc(F)c2)no1. The van der Waals surface area contributed by atoms with Crippen LogP contribution in [-0.4, -0.2) is 21.4 Å². The molecule has 0 saturated heterocycles. The maximum Gasteiger partial charge on any atom is 0.232 e. The zero-order valence-electron chi connectivity index (χ0n) is 11.4. The van der Waals surface area contributed by atoms with Gasteiger partial charge in [0.05, 0.1) is 17.8 Å². The highest BCUT2D eigenvalue weighted by atomic mass is 32.2. The van der Waals surface area contributed by atoms with Gasteiger partial charge in [-0.2, -0.15) is 4.98 Å². The van der Waals surface area contributed by atoms with Crippen molar-refractivity contribution in [1.82, 2.24) is 10.1 Å². The van der Waals surface area contributed by atoms with Crippen LogP contribution in [0.25, 0.3) is 0 Å². The van der Waals surface area contributed by atoms with Crippen molar-refractivity contribution in [3.63, 3.8) is 0 Å². The molecule has 4 nitrogen and oxygen atoms in total. The smallest absolute Gasteiger partial charge is 0.232 e. The Kier molecular flexibility index (Phi) is 5.14. The molecular weight excluding hydrogens is 279 g/mol. The van der Waals surface area contributed by atoms with Crippen LogP contribution in [0.3, 0.4) is 0 Å². The number of hydrogen-bond donors (Lipinski definition) is 1. The Bertz CT molecular complexity index is 562. The standard InChI is InChI=1S/C14H17FN2O2S/c1-3-12(18)9(2)14-16-13(17-19-14)8-20-11-6-4-5-10(15)7-11/h4-7,9,12,18H,3,8H2,1-2H3. The minimum Gasteiger partial charge on any atom is -0.392 e. The number of aliphatic hydroxyl groups is 1. The molecule has 0 radical (unpaired) electrons. The average molecular weight is 296 g/mol. The first-order valence-electron chi connectivity index (χ1n) is 6.49. The third kappa shape index (κ3) is 3.80. The molecule has 0 aliphatic carbocycles. The molecule has 0 bridgehead atoms. The van der Waals surface area contributed by atoms with E-state index in [1.165, 1.54) is 23.9 Å². The van der Waals surface area contributed by atoms with Gasteiger partial charge in [-0.25, -0.2) is 4.39 Å². The number of thioether (sulfide) groups is 1. The van der Waals surface area contributed by atoms with E-state index in [0.717, 1.165) is 4.90 Å². The summed E-state index contributed by atoms with van der Waals surface area (Å²) in [5, 5.41) is 13.6. The number of aromatic nitrogens is 2. The first kappa shape index (κ1) is 15.0. The number of aliphatic hydroxyl groups excluding tert-OH is 1. The maximum atomic E-state index is 13.0. The van der Waals surface area contributed by atoms with Crippen LogP contribution in [-0.2, 0) is 5.75 Å². The van der Waals surface area contributed by atoms with Gasteiger partial charge in [-0.15, -0.1) is 11.8 Å². The normalized spacial score (nSPS) is 14.2. The summed E-state index contributed by atoms with van der Waals surface area (Å²) in [5.41, 5.74) is 0. The van der Waals surface area contributed by atoms with Gasteiger partial charge in [0.1, 0.15) is 5.82 Å². The van der Waals surface area contributed by atoms with E-state index in [1.54, 1.807) is 6.07 Å². The Balaban J connectivity index is 1.96. The van der Waals surface area contributed by atoms with E-state index < -0.39 is 6.10 Å². The molecule has 2 atom stereocenters. The number of nitrogens with zero attached hydrogens (tertiary/aromatic N) is 2. The summed E-state index contributed by atoms with van der Waals surface area (Å²) in [5.74, 6) is 1.05. The molecule has 0 saturated carbocycles. The van der Waals surface area contributed by atoms with Gasteiger partial charge in [-0.05, 0) is 24.6 Å². The van der Waals surface area contributed by atoms with Crippen LogP contribution in [0.2, 0.25) is 0 Å². The Hall–Kier alpha value is -1.40. The fourth-order valence-electron chi connectivity index (χ4n) is 1.73. The summed E-state index contributed by atoms with van der Waals surface area (Å²) in [6, 6.07) is 6.37. The molecule has 1 N–H and O–H groups in total. The minimum atomic E-state index is -0.487. The van der Waals surface area contributed by atoms with Crippen molar-refractivity contribution in [2.45, 2.75) is 42.9 Å². The van der Waals surface area contributed by atoms with Gasteiger partial charge in [0.2, 0.25) is 5.89 Å². The van der Waals surface area contributed by atoms with Gasteiger partial charge in [-0.1, -0.05) is 25.1 Å². The summed E-state index contributed by atoms with van der Waals surface area (Å²) in [6.45, 7) is 3.75. The number of benzene rings is 1. The van der Waals surface area contributed by atoms with Gasteiger partial charge in [0, 0.05) is 4.90 Å². The van der Waals surface area contributed by atoms with E-state index in [0.29, 0.717) is 23.9 Å². The Morgan fingerprint density at radius 1 is 1.45 bits per heavy atom. The second kappa shape index (κ2) is 6.85. The molecule has 0 fully saturated rings. The fourth-order valence-corrected chi connectivity index (χ4v) is 2.52. The van der Waals surface area contributed by atoms with Crippen molar-refractivity contribution >= 4 is 11.8 Å². The zero-order chi connectivity index (χ0) is 14.5. The molecule has 20 heavy (non-hydrogen) atoms. The van der Waals surface area contributed by atoms with Gasteiger partial charge in [-0.3, -0.25) is 0 Å². The van der Waals surface area contributed by atoms with Crippen molar-refractivity contribution in [3.8, 4) is 0 Å². The van der Waals surface area contributed by atoms with Crippen molar-refractivity contribution in [1.29, 1.82) is 0 Å². The lowest BCUT2D eigenvalue weighted by molar-refractivity contribution is 0.129. The van der Waals surface area contributed by atoms with Gasteiger partial charge in [0.25, 0.3) is 0 Å². The lowest BCUT2D eigenvalue weighted by atomic mass is 10.0. The molecule has 1 heterocycles. The Morgan fingerprint density at radius 3 is 2.95 bits per heavy atom. The third-order valence-corrected chi connectivity index (χ3v) is 4.02. The Morgan fingerprint density at radius 2 is 2.25 bits per heavy atom. The summed E-state index contributed by atoms with van der Waals surface area (Å²) in [7, 11) is 0. The summed E-state index contributed by atoms with van der Waals surface area (Å²) in [4.78, 5) is 5.08. The third-order valence-electron chi connectivity index (χ3n) is 3.03. The molecular formula is C14H17FN2O2S. The summed E-state index contributed by atoms with van der Waals surface area (Å²) < 4.78 is 18.2. The van der Waals surface area contributed by atoms with Gasteiger partial charge < -0.3 is 9.63 Å². The lowest BCUT2D eigenvalue weighted by Gasteiger charge is -2.11. The predicted molar refractivity (Wildman–Crippen MR) is 75.0 cm³/mol. The number of halogens is 1. The quantitative estimate of drug-likeness (QED) is 0.828. The largest absolute Gasteiger partial charge is 0.392 e. The molecule has 2 unspecified atom stereocenters. The highest BCUT2D eigenvalue weighted by Crippen LogP contribution is 2.24. The molecule has 1 aromatic heterocycles. The highest BCUT2D eigenvalue weighted by Gasteiger charge is 2.20. The summed E-state index contributed by atoms with van der Waals surface area (Å²) in [6.07, 6.45) is 0.149. The van der Waals surface area contributed by atoms with Crippen LogP contribution in [0.15, 0.2) is 33.7 Å². The van der Waals surface area contributed by atoms with Crippen LogP contribution < -0.4 is 0 Å². The lowest BCUT2D eigenvalue weighted by Crippen LogP contribution is -2.14. The second-order valence-corrected chi connectivity index (χ2v) is 5.61. The maximum absolute atomic E-state index is 13.0. The molecule has 2 aromatic rings. The van der Waals surface area contributed by atoms with E-state index in [4.69, 9.17) is 4.52 Å². The van der Waals surface area contributed by atoms with Crippen molar-refractivity contribution in [2.75, 3.05) is 0 Å². The van der Waals surface area contributed by atoms with E-state index in [9.17, 15) is 9.50 Å². The highest BCUT2D eigenvalue weighted by molar-refractivity contribution is 7.98. The average Bonchev–Trinajstić information content (AvgIpc) is 2.92. The fraction of sp³-hybridized carbons (Fsp3) is 0.429. The molecule has 108 valence electrons. The number of hydrogen-bond acceptors (Lipinski definition) is 5. The summed E-state index contributed by atoms with van der Waals surface area (Å²) >= 11 is 1.44. The molecule has 2 rings (SSSR count). The van der Waals surface area contributed by atoms with Gasteiger partial charge in [0.15, 0.2) is 5.82 Å². The van der Waals surface area contributed by atoms with E-state index in [2.05, 4.69) is 10.1 Å². The first-order chi connectivity index (χ1) is 9.60. The molecule has 0 aliphatic heterocycles. The van der Waals surface area contributed by atoms with Crippen LogP contribution >= 0.6 is 11.8 Å². The molecule has 6 heteroatoms. The molecule has 0 aliphatic rings. The second-order valence-electron chi connectivity index (χ2n) is 4.56. The number of rotatable bonds is 6. The molecule has 1 aromatic carbocycles. The topological polar surface area (TPSA) is 59.2 Å². The van der Waals surface area contributed by atoms with Crippen LogP contribution in [0, 0.1) is 5.82 Å². The van der Waals surface area contributed by atoms with Crippen LogP contribution in [0.4, 0.5) is 4.39 Å². The van der Waals surface area contributed by atoms with Crippen LogP contribution in [0.5, 0.6) is 0 Å². The Labute approximate surface area is 121 Å². The molecule has 0 spiro atoms. The van der Waals surface area contributed by atoms with Crippen molar-refractivity contribution in [3.05, 3.63) is 41.8 Å². The monoisotopic (exact) mass is 296 g/mol. The minimum absolute atomic E-state index is 0.180. The van der Waals surface area contributed by atoms with Crippen molar-refractivity contribution < 1.29 is 14.0 Å². The van der Waals surface area contributed by atoms with Gasteiger partial charge >= 0.3 is 0 Å². The molecule has 0 amide bonds. The zero-order valence-corrected chi connectivity index (χ0v) is 12.2. The van der Waals surface area contributed by atoms with E-state index in [1.807, 2.05) is 19.9 Å². The van der Waals surface area contributed by atoms with Crippen molar-refractivity contribution in [2.24, 2.45) is 0 Å². The first-order valence-corrected chi connectivity index (χ1v) is 7.47. The van der Waals surface area contributed by atoms with E-state index in [-0.39, 0.29) is 11.7 Å². The van der Waals surface area contributed by atoms with Crippen LogP contribution in [0.1, 0.15) is 37.9 Å². The predicted octanol–water partition coefficient (Wildman–Crippen LogP) is 3.38. The van der Waals surface area contributed by atoms with E-state index >= 15 is 0 Å².